The van der Waals surface area contributed by atoms with Crippen LogP contribution in [0.4, 0.5) is 11.4 Å². The number of esters is 1. The van der Waals surface area contributed by atoms with Crippen LogP contribution in [0, 0.1) is 6.92 Å². The first-order chi connectivity index (χ1) is 14.9. The Morgan fingerprint density at radius 3 is 2.23 bits per heavy atom. The minimum absolute atomic E-state index is 0.318. The number of anilines is 2. The summed E-state index contributed by atoms with van der Waals surface area (Å²) in [6.07, 6.45) is 3.40. The van der Waals surface area contributed by atoms with Gasteiger partial charge in [-0.15, -0.1) is 0 Å². The lowest BCUT2D eigenvalue weighted by atomic mass is 9.78. The van der Waals surface area contributed by atoms with E-state index in [-0.39, 0.29) is 5.97 Å². The third-order valence-electron chi connectivity index (χ3n) is 6.17. The summed E-state index contributed by atoms with van der Waals surface area (Å²) in [5.74, 6) is -0.318. The number of carbonyl (C=O) groups is 1. The van der Waals surface area contributed by atoms with Crippen LogP contribution in [0.15, 0.2) is 60.9 Å². The van der Waals surface area contributed by atoms with Crippen LogP contribution in [0.25, 0.3) is 0 Å². The summed E-state index contributed by atoms with van der Waals surface area (Å²) in [6, 6.07) is 16.3. The SMILES string of the molecule is CCN(CC)c1ccc(C2(c3ccc(N(C)C)cc3)OC(=O)c3ccncc32)c(C)c1. The molecule has 1 unspecified atom stereocenters. The highest BCUT2D eigenvalue weighted by molar-refractivity contribution is 5.96. The second-order valence-electron chi connectivity index (χ2n) is 8.10. The third kappa shape index (κ3) is 3.34. The first-order valence-electron chi connectivity index (χ1n) is 10.7. The molecule has 3 aromatic rings. The quantitative estimate of drug-likeness (QED) is 0.543. The van der Waals surface area contributed by atoms with E-state index in [9.17, 15) is 4.79 Å². The number of fused-ring (bicyclic) bond motifs is 1. The molecule has 0 aliphatic carbocycles. The molecular formula is C26H29N3O2. The second-order valence-corrected chi connectivity index (χ2v) is 8.10. The summed E-state index contributed by atoms with van der Waals surface area (Å²) < 4.78 is 6.22. The molecule has 1 aliphatic heterocycles. The Labute approximate surface area is 184 Å². The van der Waals surface area contributed by atoms with Gasteiger partial charge in [-0.3, -0.25) is 4.98 Å². The number of pyridine rings is 1. The Kier molecular flexibility index (Phi) is 5.44. The van der Waals surface area contributed by atoms with Crippen LogP contribution in [0.3, 0.4) is 0 Å². The first-order valence-corrected chi connectivity index (χ1v) is 10.7. The first kappa shape index (κ1) is 20.9. The average Bonchev–Trinajstić information content (AvgIpc) is 3.08. The highest BCUT2D eigenvalue weighted by Gasteiger charge is 2.49. The molecular weight excluding hydrogens is 386 g/mol. The predicted octanol–water partition coefficient (Wildman–Crippen LogP) is 4.76. The summed E-state index contributed by atoms with van der Waals surface area (Å²) in [5.41, 5.74) is 5.54. The van der Waals surface area contributed by atoms with Crippen molar-refractivity contribution in [1.29, 1.82) is 0 Å². The fourth-order valence-electron chi connectivity index (χ4n) is 4.49. The molecule has 0 saturated heterocycles. The van der Waals surface area contributed by atoms with E-state index in [1.807, 2.05) is 26.2 Å². The second kappa shape index (κ2) is 8.06. The van der Waals surface area contributed by atoms with Crippen molar-refractivity contribution in [1.82, 2.24) is 4.98 Å². The van der Waals surface area contributed by atoms with E-state index < -0.39 is 5.60 Å². The molecule has 0 spiro atoms. The number of hydrogen-bond acceptors (Lipinski definition) is 5. The van der Waals surface area contributed by atoms with E-state index in [2.05, 4.69) is 65.9 Å². The fraction of sp³-hybridized carbons (Fsp3) is 0.308. The Morgan fingerprint density at radius 2 is 1.61 bits per heavy atom. The van der Waals surface area contributed by atoms with Gasteiger partial charge in [0.15, 0.2) is 5.60 Å². The van der Waals surface area contributed by atoms with E-state index in [0.717, 1.165) is 41.0 Å². The molecule has 0 bridgehead atoms. The lowest BCUT2D eigenvalue weighted by Gasteiger charge is -2.32. The minimum Gasteiger partial charge on any atom is -0.441 e. The molecule has 31 heavy (non-hydrogen) atoms. The number of rotatable bonds is 6. The molecule has 1 atom stereocenters. The maximum absolute atomic E-state index is 12.9. The van der Waals surface area contributed by atoms with Gasteiger partial charge in [0.1, 0.15) is 0 Å². The summed E-state index contributed by atoms with van der Waals surface area (Å²) >= 11 is 0. The molecule has 5 nitrogen and oxygen atoms in total. The zero-order chi connectivity index (χ0) is 22.2. The maximum Gasteiger partial charge on any atom is 0.340 e. The molecule has 160 valence electrons. The molecule has 0 fully saturated rings. The number of cyclic esters (lactones) is 1. The van der Waals surface area contributed by atoms with Gasteiger partial charge in [0.05, 0.1) is 5.56 Å². The summed E-state index contributed by atoms with van der Waals surface area (Å²) in [7, 11) is 4.02. The Balaban J connectivity index is 1.94. The largest absolute Gasteiger partial charge is 0.441 e. The predicted molar refractivity (Wildman–Crippen MR) is 125 cm³/mol. The van der Waals surface area contributed by atoms with Crippen molar-refractivity contribution in [3.8, 4) is 0 Å². The standard InChI is InChI=1S/C26H29N3O2/c1-6-29(7-2)21-12-13-23(18(3)16-21)26(19-8-10-20(11-9-19)28(4)5)24-17-27-15-14-22(24)25(30)31-26/h8-17H,6-7H2,1-5H3. The average molecular weight is 416 g/mol. The van der Waals surface area contributed by atoms with Crippen molar-refractivity contribution in [2.24, 2.45) is 0 Å². The molecule has 0 radical (unpaired) electrons. The van der Waals surface area contributed by atoms with Gasteiger partial charge in [0.25, 0.3) is 0 Å². The molecule has 2 heterocycles. The minimum atomic E-state index is -1.02. The number of ether oxygens (including phenoxy) is 1. The number of hydrogen-bond donors (Lipinski definition) is 0. The van der Waals surface area contributed by atoms with E-state index in [1.54, 1.807) is 18.5 Å². The van der Waals surface area contributed by atoms with Crippen LogP contribution in [-0.2, 0) is 10.3 Å². The van der Waals surface area contributed by atoms with Crippen molar-refractivity contribution in [2.75, 3.05) is 37.0 Å². The van der Waals surface area contributed by atoms with Gasteiger partial charge in [-0.1, -0.05) is 18.2 Å². The highest BCUT2D eigenvalue weighted by Crippen LogP contribution is 2.48. The Bertz CT molecular complexity index is 1100. The van der Waals surface area contributed by atoms with E-state index in [1.165, 1.54) is 5.69 Å². The van der Waals surface area contributed by atoms with Crippen LogP contribution in [-0.4, -0.2) is 38.1 Å². The van der Waals surface area contributed by atoms with E-state index in [0.29, 0.717) is 5.56 Å². The monoisotopic (exact) mass is 415 g/mol. The maximum atomic E-state index is 12.9. The molecule has 5 heteroatoms. The smallest absolute Gasteiger partial charge is 0.340 e. The zero-order valence-electron chi connectivity index (χ0n) is 18.8. The normalized spacial score (nSPS) is 17.3. The number of aromatic nitrogens is 1. The fourth-order valence-corrected chi connectivity index (χ4v) is 4.49. The topological polar surface area (TPSA) is 45.7 Å². The van der Waals surface area contributed by atoms with Crippen molar-refractivity contribution >= 4 is 17.3 Å². The molecule has 1 aromatic heterocycles. The highest BCUT2D eigenvalue weighted by atomic mass is 16.6. The molecule has 4 rings (SSSR count). The summed E-state index contributed by atoms with van der Waals surface area (Å²) in [4.78, 5) is 21.6. The van der Waals surface area contributed by atoms with Gasteiger partial charge < -0.3 is 14.5 Å². The molecule has 0 saturated carbocycles. The van der Waals surface area contributed by atoms with Crippen LogP contribution < -0.4 is 9.80 Å². The van der Waals surface area contributed by atoms with Gasteiger partial charge in [0.2, 0.25) is 0 Å². The lowest BCUT2D eigenvalue weighted by molar-refractivity contribution is 0.0249. The number of carbonyl (C=O) groups excluding carboxylic acids is 1. The summed E-state index contributed by atoms with van der Waals surface area (Å²) in [5, 5.41) is 0. The molecule has 2 aromatic carbocycles. The Morgan fingerprint density at radius 1 is 0.935 bits per heavy atom. The van der Waals surface area contributed by atoms with E-state index in [4.69, 9.17) is 4.74 Å². The van der Waals surface area contributed by atoms with Crippen molar-refractivity contribution in [3.63, 3.8) is 0 Å². The van der Waals surface area contributed by atoms with Crippen molar-refractivity contribution < 1.29 is 9.53 Å². The molecule has 0 N–H and O–H groups in total. The molecule has 0 amide bonds. The Hall–Kier alpha value is -3.34. The van der Waals surface area contributed by atoms with Crippen molar-refractivity contribution in [3.05, 3.63) is 88.7 Å². The number of benzene rings is 2. The third-order valence-corrected chi connectivity index (χ3v) is 6.17. The van der Waals surface area contributed by atoms with Gasteiger partial charge in [-0.25, -0.2) is 4.79 Å². The van der Waals surface area contributed by atoms with Gasteiger partial charge in [-0.05, 0) is 56.7 Å². The van der Waals surface area contributed by atoms with Crippen LogP contribution >= 0.6 is 0 Å². The van der Waals surface area contributed by atoms with Gasteiger partial charge in [0, 0.05) is 67.6 Å². The van der Waals surface area contributed by atoms with Crippen LogP contribution in [0.2, 0.25) is 0 Å². The van der Waals surface area contributed by atoms with Crippen LogP contribution in [0.5, 0.6) is 0 Å². The zero-order valence-corrected chi connectivity index (χ0v) is 18.8. The van der Waals surface area contributed by atoms with Crippen molar-refractivity contribution in [2.45, 2.75) is 26.4 Å². The molecule has 1 aliphatic rings. The van der Waals surface area contributed by atoms with Crippen LogP contribution in [0.1, 0.15) is 46.5 Å². The van der Waals surface area contributed by atoms with Gasteiger partial charge in [-0.2, -0.15) is 0 Å². The lowest BCUT2D eigenvalue weighted by Crippen LogP contribution is -2.31. The number of nitrogens with zero attached hydrogens (tertiary/aromatic N) is 3. The van der Waals surface area contributed by atoms with E-state index >= 15 is 0 Å². The summed E-state index contributed by atoms with van der Waals surface area (Å²) in [6.45, 7) is 8.27. The number of aryl methyl sites for hydroxylation is 1. The van der Waals surface area contributed by atoms with Gasteiger partial charge >= 0.3 is 5.97 Å².